The zero-order chi connectivity index (χ0) is 22.9. The lowest BCUT2D eigenvalue weighted by Crippen LogP contribution is -2.36. The Kier molecular flexibility index (Phi) is 8.24. The van der Waals surface area contributed by atoms with Gasteiger partial charge >= 0.3 is 5.97 Å². The van der Waals surface area contributed by atoms with Crippen molar-refractivity contribution in [2.45, 2.75) is 25.5 Å². The van der Waals surface area contributed by atoms with Gasteiger partial charge in [-0.1, -0.05) is 58.4 Å². The number of para-hydroxylation sites is 1. The smallest absolute Gasteiger partial charge is 0.306 e. The molecular formula is C24H22BrN3O4. The van der Waals surface area contributed by atoms with Crippen LogP contribution in [0.1, 0.15) is 34.5 Å². The van der Waals surface area contributed by atoms with E-state index in [1.54, 1.807) is 36.4 Å². The minimum absolute atomic E-state index is 0.00393. The number of ketones is 1. The molecule has 0 unspecified atom stereocenters. The molecule has 1 heterocycles. The van der Waals surface area contributed by atoms with Gasteiger partial charge in [-0.05, 0) is 36.2 Å². The predicted molar refractivity (Wildman–Crippen MR) is 124 cm³/mol. The molecule has 8 heteroatoms. The molecular weight excluding hydrogens is 474 g/mol. The summed E-state index contributed by atoms with van der Waals surface area (Å²) >= 11 is 3.32. The minimum atomic E-state index is -0.938. The topological polar surface area (TPSA) is 111 Å². The van der Waals surface area contributed by atoms with Gasteiger partial charge in [-0.3, -0.25) is 19.4 Å². The van der Waals surface area contributed by atoms with Gasteiger partial charge in [0.2, 0.25) is 11.7 Å². The summed E-state index contributed by atoms with van der Waals surface area (Å²) in [6, 6.07) is 18.3. The second kappa shape index (κ2) is 11.3. The van der Waals surface area contributed by atoms with Crippen LogP contribution in [0.4, 0.5) is 5.69 Å². The predicted octanol–water partition coefficient (Wildman–Crippen LogP) is 3.86. The summed E-state index contributed by atoms with van der Waals surface area (Å²) in [4.78, 5) is 41.5. The molecule has 1 aromatic heterocycles. The van der Waals surface area contributed by atoms with Crippen LogP contribution in [0, 0.1) is 0 Å². The van der Waals surface area contributed by atoms with Crippen molar-refractivity contribution in [3.05, 3.63) is 94.2 Å². The van der Waals surface area contributed by atoms with E-state index in [0.29, 0.717) is 11.3 Å². The van der Waals surface area contributed by atoms with Crippen molar-refractivity contribution in [2.75, 3.05) is 5.32 Å². The Bertz CT molecular complexity index is 1110. The Balaban J connectivity index is 1.56. The molecule has 0 saturated heterocycles. The fourth-order valence-corrected chi connectivity index (χ4v) is 3.23. The molecule has 0 aliphatic rings. The van der Waals surface area contributed by atoms with Crippen molar-refractivity contribution in [3.8, 4) is 0 Å². The van der Waals surface area contributed by atoms with Crippen LogP contribution >= 0.6 is 15.9 Å². The van der Waals surface area contributed by atoms with E-state index in [9.17, 15) is 14.4 Å². The first-order valence-electron chi connectivity index (χ1n) is 9.95. The molecule has 2 aromatic carbocycles. The number of nitrogens with zero attached hydrogens (tertiary/aromatic N) is 1. The molecule has 1 amide bonds. The first-order valence-corrected chi connectivity index (χ1v) is 10.7. The van der Waals surface area contributed by atoms with Crippen molar-refractivity contribution < 1.29 is 19.1 Å². The molecule has 0 radical (unpaired) electrons. The summed E-state index contributed by atoms with van der Waals surface area (Å²) in [6.07, 6.45) is 1.64. The van der Waals surface area contributed by atoms with Gasteiger partial charge in [0.25, 0.3) is 0 Å². The number of ether oxygens (including phenoxy) is 1. The van der Waals surface area contributed by atoms with E-state index in [0.717, 1.165) is 10.0 Å². The standard InChI is InChI=1S/C24H22BrN3O4/c25-17-12-13-27-21(14-17)23(30)18-8-4-5-9-20(18)28-24(31)19(26)10-11-22(29)32-15-16-6-2-1-3-7-16/h1-9,12-14,19H,10-11,15,26H2,(H,28,31)/t19-/m0/s1. The fourth-order valence-electron chi connectivity index (χ4n) is 2.90. The number of rotatable bonds is 9. The SMILES string of the molecule is N[C@@H](CCC(=O)OCc1ccccc1)C(=O)Nc1ccccc1C(=O)c1cc(Br)ccn1. The highest BCUT2D eigenvalue weighted by Crippen LogP contribution is 2.20. The highest BCUT2D eigenvalue weighted by atomic mass is 79.9. The van der Waals surface area contributed by atoms with E-state index in [1.807, 2.05) is 30.3 Å². The molecule has 32 heavy (non-hydrogen) atoms. The highest BCUT2D eigenvalue weighted by Gasteiger charge is 2.20. The van der Waals surface area contributed by atoms with Crippen LogP contribution in [0.3, 0.4) is 0 Å². The summed E-state index contributed by atoms with van der Waals surface area (Å²) in [6.45, 7) is 0.167. The maximum atomic E-state index is 12.8. The maximum absolute atomic E-state index is 12.8. The van der Waals surface area contributed by atoms with Crippen LogP contribution < -0.4 is 11.1 Å². The lowest BCUT2D eigenvalue weighted by molar-refractivity contribution is -0.145. The van der Waals surface area contributed by atoms with E-state index in [1.165, 1.54) is 6.20 Å². The third-order valence-corrected chi connectivity index (χ3v) is 5.12. The van der Waals surface area contributed by atoms with Crippen molar-refractivity contribution in [1.29, 1.82) is 0 Å². The van der Waals surface area contributed by atoms with Crippen molar-refractivity contribution >= 4 is 39.3 Å². The third-order valence-electron chi connectivity index (χ3n) is 4.62. The second-order valence-electron chi connectivity index (χ2n) is 7.01. The summed E-state index contributed by atoms with van der Waals surface area (Å²) in [5.41, 5.74) is 7.69. The largest absolute Gasteiger partial charge is 0.461 e. The monoisotopic (exact) mass is 495 g/mol. The quantitative estimate of drug-likeness (QED) is 0.344. The Morgan fingerprint density at radius 2 is 1.75 bits per heavy atom. The maximum Gasteiger partial charge on any atom is 0.306 e. The minimum Gasteiger partial charge on any atom is -0.461 e. The number of benzene rings is 2. The van der Waals surface area contributed by atoms with Gasteiger partial charge in [-0.15, -0.1) is 0 Å². The average Bonchev–Trinajstić information content (AvgIpc) is 2.81. The highest BCUT2D eigenvalue weighted by molar-refractivity contribution is 9.10. The molecule has 164 valence electrons. The summed E-state index contributed by atoms with van der Waals surface area (Å²) in [5.74, 6) is -1.27. The first-order chi connectivity index (χ1) is 15.4. The Morgan fingerprint density at radius 1 is 1.03 bits per heavy atom. The molecule has 1 atom stereocenters. The number of esters is 1. The molecule has 3 aromatic rings. The number of carbonyl (C=O) groups excluding carboxylic acids is 3. The zero-order valence-corrected chi connectivity index (χ0v) is 18.7. The number of amides is 1. The van der Waals surface area contributed by atoms with E-state index >= 15 is 0 Å². The first kappa shape index (κ1) is 23.3. The van der Waals surface area contributed by atoms with Gasteiger partial charge in [-0.2, -0.15) is 0 Å². The normalized spacial score (nSPS) is 11.4. The van der Waals surface area contributed by atoms with Crippen molar-refractivity contribution in [3.63, 3.8) is 0 Å². The van der Waals surface area contributed by atoms with E-state index in [2.05, 4.69) is 26.2 Å². The molecule has 0 saturated carbocycles. The van der Waals surface area contributed by atoms with Crippen LogP contribution in [-0.4, -0.2) is 28.7 Å². The molecule has 0 bridgehead atoms. The van der Waals surface area contributed by atoms with Crippen LogP contribution in [0.5, 0.6) is 0 Å². The molecule has 0 fully saturated rings. The van der Waals surface area contributed by atoms with Crippen LogP contribution in [0.15, 0.2) is 77.4 Å². The lowest BCUT2D eigenvalue weighted by Gasteiger charge is -2.14. The van der Waals surface area contributed by atoms with Crippen molar-refractivity contribution in [1.82, 2.24) is 4.98 Å². The number of hydrogen-bond donors (Lipinski definition) is 2. The number of anilines is 1. The summed E-state index contributed by atoms with van der Waals surface area (Å²) < 4.78 is 5.92. The van der Waals surface area contributed by atoms with E-state index < -0.39 is 17.9 Å². The fraction of sp³-hybridized carbons (Fsp3) is 0.167. The number of aromatic nitrogens is 1. The molecule has 7 nitrogen and oxygen atoms in total. The summed E-state index contributed by atoms with van der Waals surface area (Å²) in [5, 5.41) is 2.68. The number of carbonyl (C=O) groups is 3. The zero-order valence-electron chi connectivity index (χ0n) is 17.2. The Morgan fingerprint density at radius 3 is 2.50 bits per heavy atom. The average molecular weight is 496 g/mol. The molecule has 0 aliphatic heterocycles. The molecule has 0 aliphatic carbocycles. The number of pyridine rings is 1. The van der Waals surface area contributed by atoms with Crippen LogP contribution in [0.25, 0.3) is 0 Å². The second-order valence-corrected chi connectivity index (χ2v) is 7.93. The molecule has 3 rings (SSSR count). The van der Waals surface area contributed by atoms with E-state index in [-0.39, 0.29) is 30.9 Å². The van der Waals surface area contributed by atoms with Gasteiger partial charge in [0, 0.05) is 22.7 Å². The van der Waals surface area contributed by atoms with Crippen LogP contribution in [-0.2, 0) is 20.9 Å². The number of hydrogen-bond acceptors (Lipinski definition) is 6. The molecule has 3 N–H and O–H groups in total. The number of nitrogens with two attached hydrogens (primary N) is 1. The van der Waals surface area contributed by atoms with Gasteiger partial charge < -0.3 is 15.8 Å². The number of halogens is 1. The van der Waals surface area contributed by atoms with Gasteiger partial charge in [0.05, 0.1) is 11.7 Å². The van der Waals surface area contributed by atoms with Gasteiger partial charge in [-0.25, -0.2) is 0 Å². The van der Waals surface area contributed by atoms with E-state index in [4.69, 9.17) is 10.5 Å². The Hall–Kier alpha value is -3.36. The van der Waals surface area contributed by atoms with Crippen molar-refractivity contribution in [2.24, 2.45) is 5.73 Å². The van der Waals surface area contributed by atoms with Gasteiger partial charge in [0.1, 0.15) is 12.3 Å². The van der Waals surface area contributed by atoms with Gasteiger partial charge in [0.15, 0.2) is 0 Å². The number of nitrogens with one attached hydrogen (secondary N) is 1. The molecule has 0 spiro atoms. The lowest BCUT2D eigenvalue weighted by atomic mass is 10.0. The van der Waals surface area contributed by atoms with Crippen LogP contribution in [0.2, 0.25) is 0 Å². The summed E-state index contributed by atoms with van der Waals surface area (Å²) in [7, 11) is 0. The Labute approximate surface area is 194 Å². The third kappa shape index (κ3) is 6.57.